The van der Waals surface area contributed by atoms with Gasteiger partial charge in [-0.2, -0.15) is 0 Å². The van der Waals surface area contributed by atoms with Crippen LogP contribution in [0.2, 0.25) is 0 Å². The molecule has 2 heteroatoms. The molecule has 0 unspecified atom stereocenters. The van der Waals surface area contributed by atoms with Crippen LogP contribution in [0.1, 0.15) is 138 Å². The lowest BCUT2D eigenvalue weighted by atomic mass is 10.0. The molecule has 2 nitrogen and oxygen atoms in total. The first-order chi connectivity index (χ1) is 20.5. The second-order valence-corrected chi connectivity index (χ2v) is 12.8. The van der Waals surface area contributed by atoms with Crippen LogP contribution >= 0.6 is 0 Å². The molecule has 0 spiro atoms. The van der Waals surface area contributed by atoms with E-state index in [1.165, 1.54) is 57.9 Å². The molecule has 0 aliphatic carbocycles. The first-order valence-corrected chi connectivity index (χ1v) is 16.5. The van der Waals surface area contributed by atoms with E-state index in [1.54, 1.807) is 12.1 Å². The summed E-state index contributed by atoms with van der Waals surface area (Å²) in [5.41, 5.74) is 11.0. The SMILES string of the molecule is CC(C)=CCC/C(C)=C/CC/C(C)=C/CC/C(C)=C/CC/C(C)=C/CC/C(C)=C/CC/C(C)=C/Cc1cc(O)ccc1O. The Labute approximate surface area is 265 Å². The van der Waals surface area contributed by atoms with Crippen molar-refractivity contribution >= 4 is 0 Å². The highest BCUT2D eigenvalue weighted by atomic mass is 16.3. The average Bonchev–Trinajstić information content (AvgIpc) is 2.93. The highest BCUT2D eigenvalue weighted by Gasteiger charge is 2.01. The van der Waals surface area contributed by atoms with Crippen LogP contribution in [-0.4, -0.2) is 10.2 Å². The Hall–Kier alpha value is -3.00. The smallest absolute Gasteiger partial charge is 0.119 e. The van der Waals surface area contributed by atoms with Gasteiger partial charge in [0.25, 0.3) is 0 Å². The Kier molecular flexibility index (Phi) is 19.9. The molecule has 0 saturated heterocycles. The van der Waals surface area contributed by atoms with E-state index < -0.39 is 0 Å². The number of phenols is 2. The number of hydrogen-bond donors (Lipinski definition) is 2. The minimum atomic E-state index is 0.193. The topological polar surface area (TPSA) is 40.5 Å². The van der Waals surface area contributed by atoms with E-state index in [0.29, 0.717) is 6.42 Å². The van der Waals surface area contributed by atoms with Crippen molar-refractivity contribution in [3.05, 3.63) is 105 Å². The molecular formula is C41H62O2. The van der Waals surface area contributed by atoms with Gasteiger partial charge in [0, 0.05) is 5.56 Å². The first kappa shape index (κ1) is 38.0. The summed E-state index contributed by atoms with van der Waals surface area (Å²) in [4.78, 5) is 0. The van der Waals surface area contributed by atoms with Gasteiger partial charge in [0.05, 0.1) is 0 Å². The van der Waals surface area contributed by atoms with Crippen LogP contribution in [-0.2, 0) is 6.42 Å². The van der Waals surface area contributed by atoms with E-state index in [2.05, 4.69) is 97.9 Å². The zero-order valence-electron chi connectivity index (χ0n) is 28.9. The fraction of sp³-hybridized carbons (Fsp3) is 0.512. The van der Waals surface area contributed by atoms with Crippen LogP contribution in [0, 0.1) is 0 Å². The van der Waals surface area contributed by atoms with Crippen molar-refractivity contribution in [2.45, 2.75) is 139 Å². The summed E-state index contributed by atoms with van der Waals surface area (Å²) < 4.78 is 0. The van der Waals surface area contributed by atoms with Crippen LogP contribution in [0.4, 0.5) is 0 Å². The summed E-state index contributed by atoms with van der Waals surface area (Å²) in [6.45, 7) is 17.8. The molecular weight excluding hydrogens is 524 g/mol. The minimum Gasteiger partial charge on any atom is -0.508 e. The quantitative estimate of drug-likeness (QED) is 0.118. The van der Waals surface area contributed by atoms with Crippen LogP contribution in [0.15, 0.2) is 99.7 Å². The maximum Gasteiger partial charge on any atom is 0.119 e. The summed E-state index contributed by atoms with van der Waals surface area (Å²) in [6.07, 6.45) is 30.7. The van der Waals surface area contributed by atoms with E-state index in [0.717, 1.165) is 69.8 Å². The lowest BCUT2D eigenvalue weighted by Crippen LogP contribution is -1.86. The van der Waals surface area contributed by atoms with E-state index in [-0.39, 0.29) is 11.5 Å². The Balaban J connectivity index is 2.26. The zero-order chi connectivity index (χ0) is 32.0. The molecule has 0 radical (unpaired) electrons. The van der Waals surface area contributed by atoms with Crippen molar-refractivity contribution in [1.82, 2.24) is 0 Å². The average molecular weight is 587 g/mol. The molecule has 0 aromatic heterocycles. The van der Waals surface area contributed by atoms with E-state index in [1.807, 2.05) is 0 Å². The standard InChI is InChI=1S/C41H62O2/c1-32(2)15-9-16-33(3)17-10-18-34(4)19-11-20-35(5)21-12-22-36(6)23-13-24-37(7)25-14-26-38(8)27-28-39-31-40(42)29-30-41(39)43/h15,17,19,21,23,25,27,29-31,42-43H,9-14,16,18,20,22,24,26,28H2,1-8H3/b33-17+,34-19+,35-21+,36-23+,37-25+,38-27+. The summed E-state index contributed by atoms with van der Waals surface area (Å²) in [5, 5.41) is 19.6. The fourth-order valence-electron chi connectivity index (χ4n) is 4.95. The van der Waals surface area contributed by atoms with Crippen LogP contribution in [0.5, 0.6) is 11.5 Å². The van der Waals surface area contributed by atoms with Gasteiger partial charge < -0.3 is 10.2 Å². The molecule has 2 N–H and O–H groups in total. The van der Waals surface area contributed by atoms with Crippen molar-refractivity contribution in [3.8, 4) is 11.5 Å². The molecule has 0 amide bonds. The van der Waals surface area contributed by atoms with Gasteiger partial charge in [-0.15, -0.1) is 0 Å². The Morgan fingerprint density at radius 1 is 0.465 bits per heavy atom. The van der Waals surface area contributed by atoms with Crippen LogP contribution in [0.25, 0.3) is 0 Å². The maximum atomic E-state index is 9.94. The van der Waals surface area contributed by atoms with Crippen molar-refractivity contribution in [2.75, 3.05) is 0 Å². The molecule has 0 aliphatic heterocycles. The van der Waals surface area contributed by atoms with Crippen molar-refractivity contribution in [2.24, 2.45) is 0 Å². The van der Waals surface area contributed by atoms with Crippen molar-refractivity contribution < 1.29 is 10.2 Å². The molecule has 0 atom stereocenters. The van der Waals surface area contributed by atoms with E-state index in [9.17, 15) is 10.2 Å². The van der Waals surface area contributed by atoms with E-state index in [4.69, 9.17) is 0 Å². The number of hydrogen-bond acceptors (Lipinski definition) is 2. The molecule has 1 rings (SSSR count). The largest absolute Gasteiger partial charge is 0.508 e. The third-order valence-corrected chi connectivity index (χ3v) is 7.98. The van der Waals surface area contributed by atoms with Gasteiger partial charge in [-0.3, -0.25) is 0 Å². The zero-order valence-corrected chi connectivity index (χ0v) is 28.9. The van der Waals surface area contributed by atoms with Gasteiger partial charge in [0.2, 0.25) is 0 Å². The molecule has 238 valence electrons. The van der Waals surface area contributed by atoms with Gasteiger partial charge in [-0.25, -0.2) is 0 Å². The number of benzene rings is 1. The predicted octanol–water partition coefficient (Wildman–Crippen LogP) is 13.0. The second-order valence-electron chi connectivity index (χ2n) is 12.8. The Morgan fingerprint density at radius 3 is 1.14 bits per heavy atom. The Bertz CT molecular complexity index is 1180. The van der Waals surface area contributed by atoms with Crippen LogP contribution in [0.3, 0.4) is 0 Å². The highest BCUT2D eigenvalue weighted by Crippen LogP contribution is 2.23. The summed E-state index contributed by atoms with van der Waals surface area (Å²) in [5.74, 6) is 0.430. The van der Waals surface area contributed by atoms with Gasteiger partial charge in [-0.05, 0) is 157 Å². The van der Waals surface area contributed by atoms with Crippen LogP contribution < -0.4 is 0 Å². The van der Waals surface area contributed by atoms with Gasteiger partial charge in [0.1, 0.15) is 11.5 Å². The number of allylic oxidation sites excluding steroid dienone is 14. The van der Waals surface area contributed by atoms with Gasteiger partial charge >= 0.3 is 0 Å². The lowest BCUT2D eigenvalue weighted by molar-refractivity contribution is 0.455. The predicted molar refractivity (Wildman–Crippen MR) is 191 cm³/mol. The van der Waals surface area contributed by atoms with Gasteiger partial charge in [0.15, 0.2) is 0 Å². The third kappa shape index (κ3) is 20.5. The summed E-state index contributed by atoms with van der Waals surface area (Å²) in [7, 11) is 0. The molecule has 0 heterocycles. The van der Waals surface area contributed by atoms with Crippen molar-refractivity contribution in [1.29, 1.82) is 0 Å². The molecule has 1 aromatic carbocycles. The van der Waals surface area contributed by atoms with Crippen molar-refractivity contribution in [3.63, 3.8) is 0 Å². The second kappa shape index (κ2) is 22.5. The molecule has 0 saturated carbocycles. The normalized spacial score (nSPS) is 14.0. The maximum absolute atomic E-state index is 9.94. The molecule has 0 fully saturated rings. The fourth-order valence-corrected chi connectivity index (χ4v) is 4.95. The summed E-state index contributed by atoms with van der Waals surface area (Å²) in [6, 6.07) is 4.69. The number of rotatable bonds is 20. The first-order valence-electron chi connectivity index (χ1n) is 16.5. The monoisotopic (exact) mass is 586 g/mol. The molecule has 0 aliphatic rings. The Morgan fingerprint density at radius 2 is 0.791 bits per heavy atom. The third-order valence-electron chi connectivity index (χ3n) is 7.98. The number of phenolic OH excluding ortho intramolecular Hbond substituents is 2. The highest BCUT2D eigenvalue weighted by molar-refractivity contribution is 5.39. The number of aromatic hydroxyl groups is 2. The lowest BCUT2D eigenvalue weighted by Gasteiger charge is -2.05. The molecule has 0 bridgehead atoms. The summed E-state index contributed by atoms with van der Waals surface area (Å²) >= 11 is 0. The molecule has 43 heavy (non-hydrogen) atoms. The van der Waals surface area contributed by atoms with E-state index >= 15 is 0 Å². The minimum absolute atomic E-state index is 0.193. The van der Waals surface area contributed by atoms with Gasteiger partial charge in [-0.1, -0.05) is 81.5 Å². The molecule has 1 aromatic rings.